The van der Waals surface area contributed by atoms with E-state index in [-0.39, 0.29) is 0 Å². The van der Waals surface area contributed by atoms with Gasteiger partial charge in [-0.05, 0) is 43.6 Å². The first-order valence-corrected chi connectivity index (χ1v) is 5.73. The van der Waals surface area contributed by atoms with E-state index in [1.807, 2.05) is 0 Å². The molecule has 0 saturated carbocycles. The summed E-state index contributed by atoms with van der Waals surface area (Å²) < 4.78 is 14.5. The minimum absolute atomic E-state index is 0.421. The maximum atomic E-state index is 14.5. The third-order valence-corrected chi connectivity index (χ3v) is 3.57. The Morgan fingerprint density at radius 2 is 1.80 bits per heavy atom. The van der Waals surface area contributed by atoms with Crippen LogP contribution < -0.4 is 5.32 Å². The summed E-state index contributed by atoms with van der Waals surface area (Å²) in [5, 5.41) is 4.03. The molecule has 15 heavy (non-hydrogen) atoms. The number of alkyl halides is 1. The third-order valence-electron chi connectivity index (χ3n) is 2.83. The molecule has 0 atom stereocenters. The fourth-order valence-corrected chi connectivity index (χ4v) is 2.18. The molecule has 0 unspecified atom stereocenters. The number of rotatable bonds is 1. The van der Waals surface area contributed by atoms with E-state index in [4.69, 9.17) is 23.2 Å². The maximum Gasteiger partial charge on any atom is 0.138 e. The van der Waals surface area contributed by atoms with E-state index in [1.54, 1.807) is 18.2 Å². The molecule has 0 radical (unpaired) electrons. The Morgan fingerprint density at radius 3 is 2.40 bits per heavy atom. The van der Waals surface area contributed by atoms with Gasteiger partial charge >= 0.3 is 0 Å². The minimum atomic E-state index is -1.25. The van der Waals surface area contributed by atoms with E-state index >= 15 is 0 Å². The summed E-state index contributed by atoms with van der Waals surface area (Å²) in [4.78, 5) is 0. The Morgan fingerprint density at radius 1 is 1.13 bits per heavy atom. The largest absolute Gasteiger partial charge is 0.316 e. The Kier molecular flexibility index (Phi) is 3.19. The van der Waals surface area contributed by atoms with Crippen molar-refractivity contribution in [2.24, 2.45) is 0 Å². The van der Waals surface area contributed by atoms with Crippen molar-refractivity contribution in [3.63, 3.8) is 0 Å². The number of piperidine rings is 1. The predicted molar refractivity (Wildman–Crippen MR) is 61.4 cm³/mol. The molecule has 1 N–H and O–H groups in total. The van der Waals surface area contributed by atoms with Crippen molar-refractivity contribution >= 4 is 23.2 Å². The monoisotopic (exact) mass is 247 g/mol. The lowest BCUT2D eigenvalue weighted by Crippen LogP contribution is -2.36. The normalized spacial score (nSPS) is 20.2. The van der Waals surface area contributed by atoms with Gasteiger partial charge in [0.15, 0.2) is 0 Å². The highest BCUT2D eigenvalue weighted by molar-refractivity contribution is 6.42. The molecule has 1 aromatic rings. The van der Waals surface area contributed by atoms with Crippen molar-refractivity contribution in [3.05, 3.63) is 33.8 Å². The first kappa shape index (κ1) is 11.2. The molecule has 4 heteroatoms. The second-order valence-electron chi connectivity index (χ2n) is 3.84. The van der Waals surface area contributed by atoms with Crippen LogP contribution in [0.2, 0.25) is 10.0 Å². The van der Waals surface area contributed by atoms with E-state index < -0.39 is 5.67 Å². The standard InChI is InChI=1S/C11H12Cl2FN/c12-9-2-1-8(7-10(9)13)11(14)3-5-15-6-4-11/h1-2,7,15H,3-6H2. The van der Waals surface area contributed by atoms with Gasteiger partial charge in [0, 0.05) is 0 Å². The molecule has 0 amide bonds. The lowest BCUT2D eigenvalue weighted by atomic mass is 9.87. The molecule has 1 aliphatic heterocycles. The molecule has 1 saturated heterocycles. The lowest BCUT2D eigenvalue weighted by Gasteiger charge is -2.30. The van der Waals surface area contributed by atoms with Crippen molar-refractivity contribution in [2.45, 2.75) is 18.5 Å². The van der Waals surface area contributed by atoms with Crippen LogP contribution in [0.15, 0.2) is 18.2 Å². The summed E-state index contributed by atoms with van der Waals surface area (Å²) in [6.07, 6.45) is 0.982. The average Bonchev–Trinajstić information content (AvgIpc) is 2.23. The van der Waals surface area contributed by atoms with Crippen molar-refractivity contribution < 1.29 is 4.39 Å². The minimum Gasteiger partial charge on any atom is -0.316 e. The smallest absolute Gasteiger partial charge is 0.138 e. The molecular weight excluding hydrogens is 236 g/mol. The second-order valence-corrected chi connectivity index (χ2v) is 4.66. The third kappa shape index (κ3) is 2.27. The molecule has 1 fully saturated rings. The number of hydrogen-bond acceptors (Lipinski definition) is 1. The topological polar surface area (TPSA) is 12.0 Å². The van der Waals surface area contributed by atoms with Crippen LogP contribution in [0.4, 0.5) is 4.39 Å². The number of benzene rings is 1. The van der Waals surface area contributed by atoms with E-state index in [0.717, 1.165) is 0 Å². The van der Waals surface area contributed by atoms with Crippen molar-refractivity contribution in [3.8, 4) is 0 Å². The van der Waals surface area contributed by atoms with Crippen LogP contribution in [0.1, 0.15) is 18.4 Å². The fourth-order valence-electron chi connectivity index (χ4n) is 1.89. The molecule has 0 aliphatic carbocycles. The van der Waals surface area contributed by atoms with Gasteiger partial charge in [-0.2, -0.15) is 0 Å². The van der Waals surface area contributed by atoms with Crippen LogP contribution in [-0.4, -0.2) is 13.1 Å². The Hall–Kier alpha value is -0.310. The molecule has 1 aromatic carbocycles. The van der Waals surface area contributed by atoms with Crippen LogP contribution in [0.3, 0.4) is 0 Å². The molecule has 1 nitrogen and oxygen atoms in total. The van der Waals surface area contributed by atoms with Crippen LogP contribution in [0, 0.1) is 0 Å². The van der Waals surface area contributed by atoms with E-state index in [2.05, 4.69) is 5.32 Å². The first-order valence-electron chi connectivity index (χ1n) is 4.97. The van der Waals surface area contributed by atoms with Gasteiger partial charge in [-0.1, -0.05) is 29.3 Å². The summed E-state index contributed by atoms with van der Waals surface area (Å²) in [5.41, 5.74) is -0.613. The summed E-state index contributed by atoms with van der Waals surface area (Å²) in [6, 6.07) is 5.01. The predicted octanol–water partition coefficient (Wildman–Crippen LogP) is 3.54. The van der Waals surface area contributed by atoms with Gasteiger partial charge < -0.3 is 5.32 Å². The number of halogens is 3. The first-order chi connectivity index (χ1) is 7.12. The van der Waals surface area contributed by atoms with Gasteiger partial charge in [0.2, 0.25) is 0 Å². The number of hydrogen-bond donors (Lipinski definition) is 1. The molecule has 1 aliphatic rings. The highest BCUT2D eigenvalue weighted by atomic mass is 35.5. The molecular formula is C11H12Cl2FN. The van der Waals surface area contributed by atoms with Crippen LogP contribution in [-0.2, 0) is 5.67 Å². The van der Waals surface area contributed by atoms with Crippen LogP contribution in [0.5, 0.6) is 0 Å². The quantitative estimate of drug-likeness (QED) is 0.801. The molecule has 0 bridgehead atoms. The molecule has 0 spiro atoms. The SMILES string of the molecule is FC1(c2ccc(Cl)c(Cl)c2)CCNCC1. The Balaban J connectivity index is 2.31. The lowest BCUT2D eigenvalue weighted by molar-refractivity contribution is 0.115. The van der Waals surface area contributed by atoms with E-state index in [9.17, 15) is 4.39 Å². The van der Waals surface area contributed by atoms with Crippen molar-refractivity contribution in [2.75, 3.05) is 13.1 Å². The van der Waals surface area contributed by atoms with E-state index in [1.165, 1.54) is 0 Å². The van der Waals surface area contributed by atoms with Crippen molar-refractivity contribution in [1.82, 2.24) is 5.32 Å². The highest BCUT2D eigenvalue weighted by Gasteiger charge is 2.33. The van der Waals surface area contributed by atoms with Crippen LogP contribution >= 0.6 is 23.2 Å². The molecule has 1 heterocycles. The maximum absolute atomic E-state index is 14.5. The Labute approximate surface area is 98.6 Å². The van der Waals surface area contributed by atoms with Crippen LogP contribution in [0.25, 0.3) is 0 Å². The fraction of sp³-hybridized carbons (Fsp3) is 0.455. The second kappa shape index (κ2) is 4.28. The van der Waals surface area contributed by atoms with Gasteiger partial charge in [-0.3, -0.25) is 0 Å². The van der Waals surface area contributed by atoms with Gasteiger partial charge in [0.25, 0.3) is 0 Å². The summed E-state index contributed by atoms with van der Waals surface area (Å²) in [5.74, 6) is 0. The summed E-state index contributed by atoms with van der Waals surface area (Å²) >= 11 is 11.7. The Bertz CT molecular complexity index is 362. The average molecular weight is 248 g/mol. The number of nitrogens with one attached hydrogen (secondary N) is 1. The van der Waals surface area contributed by atoms with Crippen molar-refractivity contribution in [1.29, 1.82) is 0 Å². The van der Waals surface area contributed by atoms with E-state index in [0.29, 0.717) is 41.5 Å². The zero-order chi connectivity index (χ0) is 10.9. The summed E-state index contributed by atoms with van der Waals surface area (Å²) in [7, 11) is 0. The molecule has 82 valence electrons. The van der Waals surface area contributed by atoms with Gasteiger partial charge in [0.1, 0.15) is 5.67 Å². The van der Waals surface area contributed by atoms with Gasteiger partial charge in [0.05, 0.1) is 10.0 Å². The zero-order valence-electron chi connectivity index (χ0n) is 8.19. The summed E-state index contributed by atoms with van der Waals surface area (Å²) in [6.45, 7) is 1.41. The van der Waals surface area contributed by atoms with Gasteiger partial charge in [-0.25, -0.2) is 4.39 Å². The molecule has 2 rings (SSSR count). The zero-order valence-corrected chi connectivity index (χ0v) is 9.71. The highest BCUT2D eigenvalue weighted by Crippen LogP contribution is 2.37. The van der Waals surface area contributed by atoms with Gasteiger partial charge in [-0.15, -0.1) is 0 Å². The molecule has 0 aromatic heterocycles.